The molecular weight excluding hydrogens is 216 g/mol. The molecule has 1 aromatic heterocycles. The Labute approximate surface area is 102 Å². The van der Waals surface area contributed by atoms with Crippen LogP contribution in [-0.2, 0) is 0 Å². The molecular formula is C13H20N2O2. The molecule has 0 fully saturated rings. The predicted molar refractivity (Wildman–Crippen MR) is 67.0 cm³/mol. The van der Waals surface area contributed by atoms with E-state index in [9.17, 15) is 9.90 Å². The standard InChI is InChI=1S/C13H20N2O2/c1-3-4-5-7-10(2)15-13(17)12-11(16)8-6-9-14-12/h6,8-10,16H,3-5,7H2,1-2H3,(H,15,17). The highest BCUT2D eigenvalue weighted by molar-refractivity contribution is 5.94. The smallest absolute Gasteiger partial charge is 0.273 e. The van der Waals surface area contributed by atoms with Gasteiger partial charge >= 0.3 is 0 Å². The fourth-order valence-electron chi connectivity index (χ4n) is 1.64. The Morgan fingerprint density at radius 1 is 1.53 bits per heavy atom. The average Bonchev–Trinajstić information content (AvgIpc) is 2.29. The molecule has 4 nitrogen and oxygen atoms in total. The number of nitrogens with one attached hydrogen (secondary N) is 1. The molecule has 0 spiro atoms. The van der Waals surface area contributed by atoms with Crippen molar-refractivity contribution in [3.05, 3.63) is 24.0 Å². The van der Waals surface area contributed by atoms with Gasteiger partial charge in [-0.1, -0.05) is 26.2 Å². The minimum absolute atomic E-state index is 0.0780. The third-order valence-electron chi connectivity index (χ3n) is 2.62. The molecule has 0 aromatic carbocycles. The van der Waals surface area contributed by atoms with Gasteiger partial charge in [0, 0.05) is 12.2 Å². The third kappa shape index (κ3) is 4.43. The molecule has 1 rings (SSSR count). The molecule has 0 bridgehead atoms. The number of aromatic hydroxyl groups is 1. The summed E-state index contributed by atoms with van der Waals surface area (Å²) >= 11 is 0. The van der Waals surface area contributed by atoms with E-state index in [2.05, 4.69) is 17.2 Å². The zero-order chi connectivity index (χ0) is 12.7. The van der Waals surface area contributed by atoms with Crippen molar-refractivity contribution in [1.82, 2.24) is 10.3 Å². The van der Waals surface area contributed by atoms with Gasteiger partial charge < -0.3 is 10.4 Å². The van der Waals surface area contributed by atoms with Gasteiger partial charge in [-0.15, -0.1) is 0 Å². The second kappa shape index (κ2) is 6.89. The lowest BCUT2D eigenvalue weighted by atomic mass is 10.1. The number of rotatable bonds is 6. The van der Waals surface area contributed by atoms with Gasteiger partial charge in [0.1, 0.15) is 5.75 Å². The fourth-order valence-corrected chi connectivity index (χ4v) is 1.64. The summed E-state index contributed by atoms with van der Waals surface area (Å²) in [6, 6.07) is 3.16. The maximum Gasteiger partial charge on any atom is 0.273 e. The van der Waals surface area contributed by atoms with E-state index in [0.29, 0.717) is 0 Å². The average molecular weight is 236 g/mol. The maximum atomic E-state index is 11.8. The maximum absolute atomic E-state index is 11.8. The molecule has 0 aliphatic carbocycles. The monoisotopic (exact) mass is 236 g/mol. The molecule has 2 N–H and O–H groups in total. The number of hydrogen-bond donors (Lipinski definition) is 2. The lowest BCUT2D eigenvalue weighted by Gasteiger charge is -2.13. The molecule has 17 heavy (non-hydrogen) atoms. The molecule has 1 atom stereocenters. The summed E-state index contributed by atoms with van der Waals surface area (Å²) in [5.74, 6) is -0.391. The normalized spacial score (nSPS) is 12.1. The van der Waals surface area contributed by atoms with E-state index in [1.807, 2.05) is 6.92 Å². The van der Waals surface area contributed by atoms with Crippen molar-refractivity contribution in [3.8, 4) is 5.75 Å². The molecule has 94 valence electrons. The summed E-state index contributed by atoms with van der Waals surface area (Å²) in [5.41, 5.74) is 0.0924. The summed E-state index contributed by atoms with van der Waals surface area (Å²) in [6.07, 6.45) is 5.90. The Balaban J connectivity index is 2.46. The number of nitrogens with zero attached hydrogens (tertiary/aromatic N) is 1. The van der Waals surface area contributed by atoms with Crippen LogP contribution in [0.5, 0.6) is 5.75 Å². The van der Waals surface area contributed by atoms with E-state index in [1.54, 1.807) is 6.07 Å². The SMILES string of the molecule is CCCCCC(C)NC(=O)c1ncccc1O. The molecule has 0 aliphatic rings. The van der Waals surface area contributed by atoms with E-state index in [-0.39, 0.29) is 23.4 Å². The summed E-state index contributed by atoms with van der Waals surface area (Å²) in [6.45, 7) is 4.11. The fraction of sp³-hybridized carbons (Fsp3) is 0.538. The number of unbranched alkanes of at least 4 members (excludes halogenated alkanes) is 2. The number of amides is 1. The zero-order valence-corrected chi connectivity index (χ0v) is 10.4. The molecule has 0 aliphatic heterocycles. The molecule has 1 unspecified atom stereocenters. The number of carbonyl (C=O) groups excluding carboxylic acids is 1. The number of hydrogen-bond acceptors (Lipinski definition) is 3. The number of pyridine rings is 1. The largest absolute Gasteiger partial charge is 0.505 e. The lowest BCUT2D eigenvalue weighted by molar-refractivity contribution is 0.0930. The van der Waals surface area contributed by atoms with E-state index < -0.39 is 0 Å². The zero-order valence-electron chi connectivity index (χ0n) is 10.4. The Morgan fingerprint density at radius 2 is 2.29 bits per heavy atom. The third-order valence-corrected chi connectivity index (χ3v) is 2.62. The highest BCUT2D eigenvalue weighted by Gasteiger charge is 2.14. The molecule has 1 heterocycles. The van der Waals surface area contributed by atoms with E-state index in [1.165, 1.54) is 25.1 Å². The highest BCUT2D eigenvalue weighted by Crippen LogP contribution is 2.12. The van der Waals surface area contributed by atoms with Gasteiger partial charge in [0.05, 0.1) is 0 Å². The van der Waals surface area contributed by atoms with Gasteiger partial charge in [0.2, 0.25) is 0 Å². The number of aromatic nitrogens is 1. The Morgan fingerprint density at radius 3 is 2.94 bits per heavy atom. The van der Waals surface area contributed by atoms with Crippen molar-refractivity contribution in [2.75, 3.05) is 0 Å². The van der Waals surface area contributed by atoms with Gasteiger partial charge in [-0.3, -0.25) is 4.79 Å². The van der Waals surface area contributed by atoms with Crippen molar-refractivity contribution in [3.63, 3.8) is 0 Å². The van der Waals surface area contributed by atoms with E-state index in [4.69, 9.17) is 0 Å². The van der Waals surface area contributed by atoms with Crippen LogP contribution in [0.3, 0.4) is 0 Å². The topological polar surface area (TPSA) is 62.2 Å². The summed E-state index contributed by atoms with van der Waals surface area (Å²) in [5, 5.41) is 12.3. The van der Waals surface area contributed by atoms with Crippen LogP contribution < -0.4 is 5.32 Å². The van der Waals surface area contributed by atoms with Gasteiger partial charge in [-0.05, 0) is 25.5 Å². The first-order valence-electron chi connectivity index (χ1n) is 6.10. The second-order valence-corrected chi connectivity index (χ2v) is 4.24. The van der Waals surface area contributed by atoms with Gasteiger partial charge in [0.15, 0.2) is 5.69 Å². The summed E-state index contributed by atoms with van der Waals surface area (Å²) in [4.78, 5) is 15.6. The predicted octanol–water partition coefficient (Wildman–Crippen LogP) is 2.49. The van der Waals surface area contributed by atoms with Crippen molar-refractivity contribution in [1.29, 1.82) is 0 Å². The van der Waals surface area contributed by atoms with Crippen molar-refractivity contribution >= 4 is 5.91 Å². The number of carbonyl (C=O) groups is 1. The van der Waals surface area contributed by atoms with Crippen LogP contribution in [0.1, 0.15) is 50.0 Å². The Kier molecular flexibility index (Phi) is 5.46. The van der Waals surface area contributed by atoms with Crippen molar-refractivity contribution in [2.45, 2.75) is 45.6 Å². The summed E-state index contributed by atoms with van der Waals surface area (Å²) in [7, 11) is 0. The van der Waals surface area contributed by atoms with Gasteiger partial charge in [0.25, 0.3) is 5.91 Å². The first kappa shape index (κ1) is 13.5. The Bertz CT molecular complexity index is 366. The van der Waals surface area contributed by atoms with Crippen molar-refractivity contribution < 1.29 is 9.90 Å². The van der Waals surface area contributed by atoms with E-state index >= 15 is 0 Å². The van der Waals surface area contributed by atoms with Crippen LogP contribution in [0.15, 0.2) is 18.3 Å². The van der Waals surface area contributed by atoms with Crippen LogP contribution in [0.4, 0.5) is 0 Å². The minimum atomic E-state index is -0.313. The molecule has 1 amide bonds. The first-order valence-corrected chi connectivity index (χ1v) is 6.10. The summed E-state index contributed by atoms with van der Waals surface area (Å²) < 4.78 is 0. The van der Waals surface area contributed by atoms with Gasteiger partial charge in [-0.2, -0.15) is 0 Å². The van der Waals surface area contributed by atoms with Crippen LogP contribution in [0, 0.1) is 0 Å². The minimum Gasteiger partial charge on any atom is -0.505 e. The quantitative estimate of drug-likeness (QED) is 0.746. The molecule has 1 aromatic rings. The van der Waals surface area contributed by atoms with Crippen LogP contribution >= 0.6 is 0 Å². The van der Waals surface area contributed by atoms with Crippen LogP contribution in [0.25, 0.3) is 0 Å². The second-order valence-electron chi connectivity index (χ2n) is 4.24. The van der Waals surface area contributed by atoms with Gasteiger partial charge in [-0.25, -0.2) is 4.98 Å². The highest BCUT2D eigenvalue weighted by atomic mass is 16.3. The van der Waals surface area contributed by atoms with E-state index in [0.717, 1.165) is 12.8 Å². The molecule has 0 saturated heterocycles. The van der Waals surface area contributed by atoms with Crippen LogP contribution in [0.2, 0.25) is 0 Å². The molecule has 0 radical (unpaired) electrons. The Hall–Kier alpha value is -1.58. The van der Waals surface area contributed by atoms with Crippen LogP contribution in [-0.4, -0.2) is 22.0 Å². The molecule has 0 saturated carbocycles. The molecule has 4 heteroatoms. The first-order chi connectivity index (χ1) is 8.15. The lowest BCUT2D eigenvalue weighted by Crippen LogP contribution is -2.33. The van der Waals surface area contributed by atoms with Crippen molar-refractivity contribution in [2.24, 2.45) is 0 Å².